The van der Waals surface area contributed by atoms with Gasteiger partial charge in [-0.25, -0.2) is 13.4 Å². The van der Waals surface area contributed by atoms with Gasteiger partial charge in [-0.15, -0.1) is 11.3 Å². The van der Waals surface area contributed by atoms with Gasteiger partial charge in [0.1, 0.15) is 0 Å². The molecule has 0 aromatic carbocycles. The summed E-state index contributed by atoms with van der Waals surface area (Å²) in [6.07, 6.45) is 7.34. The van der Waals surface area contributed by atoms with E-state index in [1.54, 1.807) is 41.6 Å². The molecule has 0 unspecified atom stereocenters. The van der Waals surface area contributed by atoms with E-state index in [1.165, 1.54) is 10.8 Å². The van der Waals surface area contributed by atoms with Crippen LogP contribution in [0.2, 0.25) is 0 Å². The van der Waals surface area contributed by atoms with Gasteiger partial charge in [-0.3, -0.25) is 4.79 Å². The maximum Gasteiger partial charge on any atom is 0.246 e. The quantitative estimate of drug-likeness (QED) is 0.777. The Morgan fingerprint density at radius 2 is 2.12 bits per heavy atom. The van der Waals surface area contributed by atoms with Gasteiger partial charge >= 0.3 is 0 Å². The average Bonchev–Trinajstić information content (AvgIpc) is 3.24. The van der Waals surface area contributed by atoms with Gasteiger partial charge in [0.25, 0.3) is 0 Å². The first-order valence-electron chi connectivity index (χ1n) is 7.70. The first-order valence-corrected chi connectivity index (χ1v) is 10.1. The maximum atomic E-state index is 12.6. The molecule has 0 aliphatic carbocycles. The minimum atomic E-state index is -3.45. The van der Waals surface area contributed by atoms with Crippen molar-refractivity contribution in [1.29, 1.82) is 0 Å². The number of nitrogens with zero attached hydrogens (tertiary/aromatic N) is 3. The zero-order valence-electron chi connectivity index (χ0n) is 13.3. The monoisotopic (exact) mass is 365 g/mol. The van der Waals surface area contributed by atoms with Crippen molar-refractivity contribution in [2.45, 2.75) is 23.2 Å². The number of carbonyl (C=O) groups excluding carboxylic acids is 1. The predicted octanol–water partition coefficient (Wildman–Crippen LogP) is 1.96. The molecule has 2 aromatic rings. The smallest absolute Gasteiger partial charge is 0.246 e. The maximum absolute atomic E-state index is 12.6. The lowest BCUT2D eigenvalue weighted by molar-refractivity contribution is -0.126. The first-order chi connectivity index (χ1) is 11.5. The molecular weight excluding hydrogens is 346 g/mol. The zero-order valence-corrected chi connectivity index (χ0v) is 15.0. The van der Waals surface area contributed by atoms with E-state index in [0.29, 0.717) is 25.9 Å². The lowest BCUT2D eigenvalue weighted by Gasteiger charge is -2.30. The molecule has 128 valence electrons. The van der Waals surface area contributed by atoms with Gasteiger partial charge in [0.2, 0.25) is 20.9 Å². The number of rotatable bonds is 4. The fraction of sp³-hybridized carbons (Fsp3) is 0.375. The molecule has 0 saturated carbocycles. The van der Waals surface area contributed by atoms with E-state index >= 15 is 0 Å². The second-order valence-electron chi connectivity index (χ2n) is 5.74. The largest absolute Gasteiger partial charge is 0.339 e. The van der Waals surface area contributed by atoms with Crippen LogP contribution in [0, 0.1) is 0 Å². The Morgan fingerprint density at radius 1 is 1.38 bits per heavy atom. The number of hydrogen-bond donors (Lipinski definition) is 0. The van der Waals surface area contributed by atoms with Crippen molar-refractivity contribution < 1.29 is 13.2 Å². The number of aryl methyl sites for hydroxylation is 1. The average molecular weight is 365 g/mol. The minimum absolute atomic E-state index is 0.0729. The number of thiophene rings is 1. The van der Waals surface area contributed by atoms with Crippen molar-refractivity contribution in [3.05, 3.63) is 40.9 Å². The number of aromatic nitrogens is 2. The van der Waals surface area contributed by atoms with Gasteiger partial charge in [-0.05, 0) is 30.4 Å². The van der Waals surface area contributed by atoms with Gasteiger partial charge in [0.05, 0.1) is 5.25 Å². The van der Waals surface area contributed by atoms with Crippen molar-refractivity contribution in [2.75, 3.05) is 13.1 Å². The van der Waals surface area contributed by atoms with Crippen molar-refractivity contribution in [2.24, 2.45) is 7.05 Å². The Balaban J connectivity index is 1.61. The van der Waals surface area contributed by atoms with E-state index in [4.69, 9.17) is 0 Å². The molecule has 1 saturated heterocycles. The van der Waals surface area contributed by atoms with Crippen molar-refractivity contribution in [3.63, 3.8) is 0 Å². The van der Waals surface area contributed by atoms with Gasteiger partial charge in [-0.1, -0.05) is 6.07 Å². The van der Waals surface area contributed by atoms with Crippen LogP contribution in [0.4, 0.5) is 0 Å². The van der Waals surface area contributed by atoms with Crippen LogP contribution in [0.1, 0.15) is 17.7 Å². The minimum Gasteiger partial charge on any atom is -0.339 e. The second kappa shape index (κ2) is 6.90. The number of amides is 1. The van der Waals surface area contributed by atoms with Gasteiger partial charge in [-0.2, -0.15) is 0 Å². The summed E-state index contributed by atoms with van der Waals surface area (Å²) in [5, 5.41) is 1.58. The van der Waals surface area contributed by atoms with Gasteiger partial charge < -0.3 is 9.47 Å². The summed E-state index contributed by atoms with van der Waals surface area (Å²) >= 11 is 1.57. The number of imidazole rings is 1. The molecule has 0 bridgehead atoms. The van der Waals surface area contributed by atoms with E-state index in [0.717, 1.165) is 4.88 Å². The molecule has 0 atom stereocenters. The van der Waals surface area contributed by atoms with Crippen LogP contribution in [0.3, 0.4) is 0 Å². The highest BCUT2D eigenvalue weighted by Gasteiger charge is 2.34. The molecule has 0 N–H and O–H groups in total. The summed E-state index contributed by atoms with van der Waals surface area (Å²) in [6, 6.07) is 3.88. The highest BCUT2D eigenvalue weighted by molar-refractivity contribution is 7.91. The highest BCUT2D eigenvalue weighted by Crippen LogP contribution is 2.23. The fourth-order valence-corrected chi connectivity index (χ4v) is 5.22. The summed E-state index contributed by atoms with van der Waals surface area (Å²) in [5.41, 5.74) is 0. The molecule has 3 rings (SSSR count). The molecule has 2 aromatic heterocycles. The Hall–Kier alpha value is -1.93. The molecule has 1 aliphatic heterocycles. The third kappa shape index (κ3) is 3.44. The first kappa shape index (κ1) is 16.9. The molecular formula is C16H19N3O3S2. The third-order valence-electron chi connectivity index (χ3n) is 4.16. The number of piperidine rings is 1. The summed E-state index contributed by atoms with van der Waals surface area (Å²) in [5.74, 6) is -0.0729. The fourth-order valence-electron chi connectivity index (χ4n) is 2.81. The van der Waals surface area contributed by atoms with Crippen LogP contribution >= 0.6 is 11.3 Å². The Labute approximate surface area is 145 Å². The van der Waals surface area contributed by atoms with Crippen molar-refractivity contribution >= 4 is 33.2 Å². The van der Waals surface area contributed by atoms with Crippen LogP contribution in [0.5, 0.6) is 0 Å². The standard InChI is InChI=1S/C16H19N3O3S2/c1-18-11-8-17-16(18)24(21,22)14-6-9-19(10-7-14)15(20)5-4-13-3-2-12-23-13/h2-5,8,11-12,14H,6-7,9-10H2,1H3/b5-4+. The van der Waals surface area contributed by atoms with E-state index < -0.39 is 15.1 Å². The van der Waals surface area contributed by atoms with Gasteiger partial charge in [0.15, 0.2) is 0 Å². The van der Waals surface area contributed by atoms with Crippen LogP contribution in [0.25, 0.3) is 6.08 Å². The van der Waals surface area contributed by atoms with E-state index in [2.05, 4.69) is 4.98 Å². The van der Waals surface area contributed by atoms with E-state index in [9.17, 15) is 13.2 Å². The Morgan fingerprint density at radius 3 is 2.71 bits per heavy atom. The Bertz CT molecular complexity index is 830. The molecule has 0 radical (unpaired) electrons. The molecule has 6 nitrogen and oxygen atoms in total. The lowest BCUT2D eigenvalue weighted by atomic mass is 10.1. The second-order valence-corrected chi connectivity index (χ2v) is 8.84. The summed E-state index contributed by atoms with van der Waals surface area (Å²) < 4.78 is 26.8. The lowest BCUT2D eigenvalue weighted by Crippen LogP contribution is -2.42. The van der Waals surface area contributed by atoms with Crippen LogP contribution in [-0.2, 0) is 21.7 Å². The summed E-state index contributed by atoms with van der Waals surface area (Å²) in [4.78, 5) is 18.9. The number of sulfone groups is 1. The summed E-state index contributed by atoms with van der Waals surface area (Å²) in [7, 11) is -1.77. The van der Waals surface area contributed by atoms with E-state index in [-0.39, 0.29) is 11.1 Å². The van der Waals surface area contributed by atoms with Crippen molar-refractivity contribution in [1.82, 2.24) is 14.5 Å². The molecule has 1 fully saturated rings. The number of likely N-dealkylation sites (tertiary alicyclic amines) is 1. The van der Waals surface area contributed by atoms with Crippen LogP contribution < -0.4 is 0 Å². The topological polar surface area (TPSA) is 72.3 Å². The van der Waals surface area contributed by atoms with Crippen LogP contribution in [0.15, 0.2) is 41.1 Å². The molecule has 1 aliphatic rings. The van der Waals surface area contributed by atoms with Gasteiger partial charge in [0, 0.05) is 43.5 Å². The molecule has 24 heavy (non-hydrogen) atoms. The molecule has 0 spiro atoms. The predicted molar refractivity (Wildman–Crippen MR) is 93.3 cm³/mol. The summed E-state index contributed by atoms with van der Waals surface area (Å²) in [6.45, 7) is 0.893. The third-order valence-corrected chi connectivity index (χ3v) is 7.25. The SMILES string of the molecule is Cn1ccnc1S(=O)(=O)C1CCN(C(=O)/C=C/c2cccs2)CC1. The number of hydrogen-bond acceptors (Lipinski definition) is 5. The molecule has 8 heteroatoms. The highest BCUT2D eigenvalue weighted by atomic mass is 32.2. The van der Waals surface area contributed by atoms with Crippen molar-refractivity contribution in [3.8, 4) is 0 Å². The zero-order chi connectivity index (χ0) is 17.2. The van der Waals surface area contributed by atoms with Crippen LogP contribution in [-0.4, -0.2) is 47.1 Å². The molecule has 3 heterocycles. The van der Waals surface area contributed by atoms with E-state index in [1.807, 2.05) is 17.5 Å². The normalized spacial score (nSPS) is 16.8. The molecule has 1 amide bonds. The number of carbonyl (C=O) groups is 1. The Kier molecular flexibility index (Phi) is 4.86.